The summed E-state index contributed by atoms with van der Waals surface area (Å²) in [6, 6.07) is 0. The van der Waals surface area contributed by atoms with Gasteiger partial charge in [0, 0.05) is 32.0 Å². The van der Waals surface area contributed by atoms with Crippen molar-refractivity contribution in [3.63, 3.8) is 0 Å². The molecule has 3 atom stereocenters. The molecule has 90 valence electrons. The van der Waals surface area contributed by atoms with Gasteiger partial charge in [0.2, 0.25) is 11.8 Å². The number of rotatable bonds is 2. The van der Waals surface area contributed by atoms with Crippen molar-refractivity contribution in [3.8, 4) is 0 Å². The first kappa shape index (κ1) is 11.4. The fourth-order valence-electron chi connectivity index (χ4n) is 3.04. The standard InChI is InChI=1S/C12H20N2O2/c1-3-13-11(15)8-4-5-9-7-14(2)12(16)10(9)6-8/h8-10H,3-7H2,1-2H3,(H,13,15). The second-order valence-electron chi connectivity index (χ2n) is 4.99. The van der Waals surface area contributed by atoms with Crippen LogP contribution >= 0.6 is 0 Å². The van der Waals surface area contributed by atoms with E-state index in [4.69, 9.17) is 0 Å². The van der Waals surface area contributed by atoms with Crippen LogP contribution in [0.4, 0.5) is 0 Å². The lowest BCUT2D eigenvalue weighted by molar-refractivity contribution is -0.132. The van der Waals surface area contributed by atoms with Crippen molar-refractivity contribution >= 4 is 11.8 Å². The minimum atomic E-state index is 0.0525. The van der Waals surface area contributed by atoms with Crippen molar-refractivity contribution in [1.82, 2.24) is 10.2 Å². The molecule has 2 aliphatic rings. The Labute approximate surface area is 96.4 Å². The average Bonchev–Trinajstić information content (AvgIpc) is 2.55. The second-order valence-corrected chi connectivity index (χ2v) is 4.99. The highest BCUT2D eigenvalue weighted by molar-refractivity contribution is 5.84. The minimum Gasteiger partial charge on any atom is -0.356 e. The largest absolute Gasteiger partial charge is 0.356 e. The molecule has 1 N–H and O–H groups in total. The summed E-state index contributed by atoms with van der Waals surface area (Å²) in [6.45, 7) is 3.49. The number of fused-ring (bicyclic) bond motifs is 1. The number of amides is 2. The van der Waals surface area contributed by atoms with E-state index in [0.29, 0.717) is 12.5 Å². The van der Waals surface area contributed by atoms with Crippen LogP contribution in [0.25, 0.3) is 0 Å². The highest BCUT2D eigenvalue weighted by atomic mass is 16.2. The SMILES string of the molecule is CCNC(=O)C1CCC2CN(C)C(=O)C2C1. The molecule has 3 unspecified atom stereocenters. The van der Waals surface area contributed by atoms with E-state index >= 15 is 0 Å². The maximum absolute atomic E-state index is 11.9. The molecule has 0 aromatic rings. The van der Waals surface area contributed by atoms with Crippen molar-refractivity contribution < 1.29 is 9.59 Å². The monoisotopic (exact) mass is 224 g/mol. The van der Waals surface area contributed by atoms with Crippen LogP contribution in [0.15, 0.2) is 0 Å². The molecule has 0 radical (unpaired) electrons. The van der Waals surface area contributed by atoms with Crippen molar-refractivity contribution in [2.75, 3.05) is 20.1 Å². The molecule has 0 bridgehead atoms. The quantitative estimate of drug-likeness (QED) is 0.748. The van der Waals surface area contributed by atoms with Crippen LogP contribution in [0.5, 0.6) is 0 Å². The van der Waals surface area contributed by atoms with Crippen molar-refractivity contribution in [3.05, 3.63) is 0 Å². The van der Waals surface area contributed by atoms with Gasteiger partial charge in [-0.05, 0) is 32.1 Å². The highest BCUT2D eigenvalue weighted by Crippen LogP contribution is 2.39. The van der Waals surface area contributed by atoms with E-state index in [1.807, 2.05) is 18.9 Å². The summed E-state index contributed by atoms with van der Waals surface area (Å²) in [4.78, 5) is 25.4. The van der Waals surface area contributed by atoms with Gasteiger partial charge in [-0.25, -0.2) is 0 Å². The summed E-state index contributed by atoms with van der Waals surface area (Å²) >= 11 is 0. The van der Waals surface area contributed by atoms with Gasteiger partial charge in [0.1, 0.15) is 0 Å². The van der Waals surface area contributed by atoms with Gasteiger partial charge in [0.25, 0.3) is 0 Å². The molecular formula is C12H20N2O2. The van der Waals surface area contributed by atoms with Crippen LogP contribution in [-0.4, -0.2) is 36.9 Å². The van der Waals surface area contributed by atoms with Gasteiger partial charge in [-0.1, -0.05) is 0 Å². The number of carbonyl (C=O) groups is 2. The Balaban J connectivity index is 1.99. The second kappa shape index (κ2) is 4.44. The van der Waals surface area contributed by atoms with E-state index in [0.717, 1.165) is 25.8 Å². The van der Waals surface area contributed by atoms with Gasteiger partial charge in [-0.2, -0.15) is 0 Å². The first-order chi connectivity index (χ1) is 7.63. The molecule has 4 nitrogen and oxygen atoms in total. The Morgan fingerprint density at radius 1 is 1.50 bits per heavy atom. The molecule has 0 spiro atoms. The number of nitrogens with one attached hydrogen (secondary N) is 1. The van der Waals surface area contributed by atoms with Crippen molar-refractivity contribution in [1.29, 1.82) is 0 Å². The van der Waals surface area contributed by atoms with Crippen LogP contribution in [0.2, 0.25) is 0 Å². The van der Waals surface area contributed by atoms with Crippen LogP contribution in [0, 0.1) is 17.8 Å². The molecule has 1 aliphatic carbocycles. The number of carbonyl (C=O) groups excluding carboxylic acids is 2. The third-order valence-corrected chi connectivity index (χ3v) is 3.92. The molecule has 16 heavy (non-hydrogen) atoms. The topological polar surface area (TPSA) is 49.4 Å². The third-order valence-electron chi connectivity index (χ3n) is 3.92. The first-order valence-corrected chi connectivity index (χ1v) is 6.16. The summed E-state index contributed by atoms with van der Waals surface area (Å²) in [7, 11) is 1.86. The summed E-state index contributed by atoms with van der Waals surface area (Å²) < 4.78 is 0. The molecule has 1 saturated heterocycles. The Morgan fingerprint density at radius 2 is 2.25 bits per heavy atom. The van der Waals surface area contributed by atoms with E-state index in [1.54, 1.807) is 0 Å². The number of hydrogen-bond acceptors (Lipinski definition) is 2. The Kier molecular flexibility index (Phi) is 3.17. The third kappa shape index (κ3) is 1.93. The van der Waals surface area contributed by atoms with E-state index in [9.17, 15) is 9.59 Å². The predicted octanol–water partition coefficient (Wildman–Crippen LogP) is 0.627. The van der Waals surface area contributed by atoms with E-state index < -0.39 is 0 Å². The summed E-state index contributed by atoms with van der Waals surface area (Å²) in [5, 5.41) is 2.86. The molecule has 2 rings (SSSR count). The maximum atomic E-state index is 11.9. The van der Waals surface area contributed by atoms with Crippen LogP contribution in [0.1, 0.15) is 26.2 Å². The normalized spacial score (nSPS) is 33.8. The average molecular weight is 224 g/mol. The van der Waals surface area contributed by atoms with Gasteiger partial charge in [-0.3, -0.25) is 9.59 Å². The summed E-state index contributed by atoms with van der Waals surface area (Å²) in [6.07, 6.45) is 2.70. The predicted molar refractivity (Wildman–Crippen MR) is 60.6 cm³/mol. The minimum absolute atomic E-state index is 0.0525. The fourth-order valence-corrected chi connectivity index (χ4v) is 3.04. The molecule has 1 saturated carbocycles. The van der Waals surface area contributed by atoms with Gasteiger partial charge in [-0.15, -0.1) is 0 Å². The van der Waals surface area contributed by atoms with Gasteiger partial charge < -0.3 is 10.2 Å². The molecule has 4 heteroatoms. The van der Waals surface area contributed by atoms with E-state index in [1.165, 1.54) is 0 Å². The molecular weight excluding hydrogens is 204 g/mol. The molecule has 0 aromatic carbocycles. The van der Waals surface area contributed by atoms with Gasteiger partial charge >= 0.3 is 0 Å². The lowest BCUT2D eigenvalue weighted by atomic mass is 9.75. The maximum Gasteiger partial charge on any atom is 0.225 e. The fraction of sp³-hybridized carbons (Fsp3) is 0.833. The number of hydrogen-bond donors (Lipinski definition) is 1. The summed E-state index contributed by atoms with van der Waals surface area (Å²) in [5.41, 5.74) is 0. The lowest BCUT2D eigenvalue weighted by Crippen LogP contribution is -2.36. The molecule has 2 fully saturated rings. The zero-order valence-corrected chi connectivity index (χ0v) is 10.0. The first-order valence-electron chi connectivity index (χ1n) is 6.16. The van der Waals surface area contributed by atoms with Gasteiger partial charge in [0.15, 0.2) is 0 Å². The molecule has 0 aromatic heterocycles. The van der Waals surface area contributed by atoms with Crippen LogP contribution in [0.3, 0.4) is 0 Å². The Hall–Kier alpha value is -1.06. The summed E-state index contributed by atoms with van der Waals surface area (Å²) in [5.74, 6) is 1.01. The van der Waals surface area contributed by atoms with Crippen LogP contribution in [-0.2, 0) is 9.59 Å². The highest BCUT2D eigenvalue weighted by Gasteiger charge is 2.43. The molecule has 1 aliphatic heterocycles. The molecule has 1 heterocycles. The van der Waals surface area contributed by atoms with Crippen molar-refractivity contribution in [2.24, 2.45) is 17.8 Å². The smallest absolute Gasteiger partial charge is 0.225 e. The van der Waals surface area contributed by atoms with Gasteiger partial charge in [0.05, 0.1) is 0 Å². The molecule has 2 amide bonds. The lowest BCUT2D eigenvalue weighted by Gasteiger charge is -2.28. The Morgan fingerprint density at radius 3 is 2.94 bits per heavy atom. The van der Waals surface area contributed by atoms with Crippen LogP contribution < -0.4 is 5.32 Å². The Bertz CT molecular complexity index is 303. The zero-order valence-electron chi connectivity index (χ0n) is 10.0. The zero-order chi connectivity index (χ0) is 11.7. The van der Waals surface area contributed by atoms with Crippen molar-refractivity contribution in [2.45, 2.75) is 26.2 Å². The number of likely N-dealkylation sites (tertiary alicyclic amines) is 1. The number of nitrogens with zero attached hydrogens (tertiary/aromatic N) is 1. The van der Waals surface area contributed by atoms with E-state index in [2.05, 4.69) is 5.32 Å². The van der Waals surface area contributed by atoms with E-state index in [-0.39, 0.29) is 23.7 Å².